The second-order valence-electron chi connectivity index (χ2n) is 20.2. The normalized spacial score (nSPS) is 22.9. The zero-order valence-electron chi connectivity index (χ0n) is 41.1. The number of carbonyl (C=O) groups excluding carboxylic acids is 5. The van der Waals surface area contributed by atoms with Gasteiger partial charge in [-0.25, -0.2) is 0 Å². The number of rotatable bonds is 7. The Balaban J connectivity index is 1.06. The number of alkyl halides is 1. The number of hydrogen-bond acceptors (Lipinski definition) is 10. The minimum atomic E-state index is -2.86. The van der Waals surface area contributed by atoms with Gasteiger partial charge in [0.1, 0.15) is 6.73 Å². The number of nitrogens with one attached hydrogen (secondary N) is 2. The van der Waals surface area contributed by atoms with Gasteiger partial charge in [0.15, 0.2) is 0 Å². The van der Waals surface area contributed by atoms with Crippen LogP contribution in [0.25, 0.3) is 33.3 Å². The molecule has 9 rings (SSSR count). The monoisotopic (exact) mass is 1070 g/mol. The van der Waals surface area contributed by atoms with Crippen LogP contribution in [0.5, 0.6) is 0 Å². The number of aromatic nitrogens is 2. The first-order chi connectivity index (χ1) is 33.5. The minimum absolute atomic E-state index is 0.0657. The third-order valence-electron chi connectivity index (χ3n) is 14.8. The smallest absolute Gasteiger partial charge is 0.0525 e. The van der Waals surface area contributed by atoms with Crippen LogP contribution >= 0.6 is 20.1 Å². The summed E-state index contributed by atoms with van der Waals surface area (Å²) >= 11 is -2.86. The summed E-state index contributed by atoms with van der Waals surface area (Å²) in [7, 11) is 3.27. The Morgan fingerprint density at radius 3 is 2.57 bits per heavy atom. The molecule has 2 aromatic carbocycles. The molecule has 3 saturated heterocycles. The van der Waals surface area contributed by atoms with Crippen LogP contribution in [0.3, 0.4) is 0 Å². The number of carbonyl (C=O) groups is 5. The first-order valence-electron chi connectivity index (χ1n) is 24.2. The van der Waals surface area contributed by atoms with Crippen LogP contribution < -0.4 is 8.96 Å². The van der Waals surface area contributed by atoms with Crippen molar-refractivity contribution in [2.45, 2.75) is 96.6 Å². The second-order valence-corrected chi connectivity index (χ2v) is 24.7. The molecule has 2 aromatic heterocycles. The Morgan fingerprint density at radius 1 is 1.09 bits per heavy atom. The van der Waals surface area contributed by atoms with Crippen LogP contribution in [0.15, 0.2) is 67.4 Å². The zero-order chi connectivity index (χ0) is 49.8. The van der Waals surface area contributed by atoms with Crippen molar-refractivity contribution in [2.75, 3.05) is 58.1 Å². The Labute approximate surface area is 415 Å². The molecule has 6 heterocycles. The molecule has 4 aromatic rings. The van der Waals surface area contributed by atoms with Crippen molar-refractivity contribution in [3.05, 3.63) is 90.0 Å². The number of urea groups is 1. The van der Waals surface area contributed by atoms with Gasteiger partial charge in [-0.1, -0.05) is 6.58 Å². The minimum Gasteiger partial charge on any atom is 0.0525 e. The molecule has 2 N–H and O–H groups in total. The number of fused-ring (bicyclic) bond motifs is 8. The molecule has 1 spiro atoms. The third kappa shape index (κ3) is 9.08. The Hall–Kier alpha value is -5.44. The van der Waals surface area contributed by atoms with Crippen molar-refractivity contribution in [2.24, 2.45) is 11.3 Å². The van der Waals surface area contributed by atoms with Gasteiger partial charge < -0.3 is 9.64 Å². The fourth-order valence-electron chi connectivity index (χ4n) is 11.3. The van der Waals surface area contributed by atoms with Crippen molar-refractivity contribution in [1.82, 2.24) is 38.2 Å². The number of likely N-dealkylation sites (N-methyl/N-ethyl adjacent to an activating group) is 1. The molecule has 6 bridgehead atoms. The number of likely N-dealkylation sites (tertiary alicyclic amines) is 1. The van der Waals surface area contributed by atoms with E-state index in [1.165, 1.54) is 28.1 Å². The molecule has 5 amide bonds. The number of aryl methyl sites for hydroxylation is 1. The number of amides is 5. The topological polar surface area (TPSA) is 168 Å². The molecule has 0 radical (unpaired) electrons. The van der Waals surface area contributed by atoms with E-state index >= 15 is 4.39 Å². The Morgan fingerprint density at radius 2 is 1.86 bits per heavy atom. The molecular formula is C52H64FIN8O8. The van der Waals surface area contributed by atoms with Crippen LogP contribution in [0, 0.1) is 17.2 Å². The molecule has 4 aliphatic heterocycles. The number of piperidine rings is 1. The van der Waals surface area contributed by atoms with E-state index in [9.17, 15) is 24.0 Å². The van der Waals surface area contributed by atoms with Gasteiger partial charge in [-0.2, -0.15) is 0 Å². The maximum absolute atomic E-state index is 16.1. The number of halogens is 2. The quantitative estimate of drug-likeness (QED) is 0.0619. The fraction of sp³-hybridized carbons (Fsp3) is 0.500. The Bertz CT molecular complexity index is 2740. The van der Waals surface area contributed by atoms with Gasteiger partial charge in [-0.3, -0.25) is 4.79 Å². The van der Waals surface area contributed by atoms with E-state index in [0.717, 1.165) is 39.0 Å². The molecule has 3 fully saturated rings. The summed E-state index contributed by atoms with van der Waals surface area (Å²) in [5, 5.41) is 5.39. The summed E-state index contributed by atoms with van der Waals surface area (Å²) in [6.45, 7) is 15.8. The molecule has 70 heavy (non-hydrogen) atoms. The summed E-state index contributed by atoms with van der Waals surface area (Å²) < 4.78 is 40.6. The van der Waals surface area contributed by atoms with Crippen LogP contribution in [-0.4, -0.2) is 133 Å². The van der Waals surface area contributed by atoms with Gasteiger partial charge in [0.2, 0.25) is 5.91 Å². The average molecular weight is 1080 g/mol. The summed E-state index contributed by atoms with van der Waals surface area (Å²) in [5.41, 5.74) is 5.41. The van der Waals surface area contributed by atoms with Gasteiger partial charge in [0, 0.05) is 0 Å². The van der Waals surface area contributed by atoms with E-state index in [2.05, 4.69) is 59.1 Å². The first-order valence-corrected chi connectivity index (χ1v) is 27.9. The van der Waals surface area contributed by atoms with Crippen molar-refractivity contribution >= 4 is 58.7 Å². The number of hydrogen-bond donors (Lipinski definition) is 2. The third-order valence-corrected chi connectivity index (χ3v) is 19.2. The van der Waals surface area contributed by atoms with E-state index in [0.29, 0.717) is 61.0 Å². The maximum atomic E-state index is 16.1. The SMILES string of the molecule is C=CC(=O)N1COC2(CCN(C(=O)N(C)[C@H](C(=O)N[C@H]3Cc4cc(F)cc(c4)-c4ccc5c(c4)c4c(n5CC)-c5cccnc5[C@@H](OC)C4C(C)(C)COC(=O)I4CCCN(N4)C3=O)C(C)C)CC2)C1. The van der Waals surface area contributed by atoms with Crippen LogP contribution in [0.4, 0.5) is 14.0 Å². The predicted octanol–water partition coefficient (Wildman–Crippen LogP) is 7.59. The molecule has 18 heteroatoms. The number of nitrogens with zero attached hydrogens (tertiary/aromatic N) is 6. The number of benzene rings is 2. The van der Waals surface area contributed by atoms with Gasteiger partial charge >= 0.3 is 366 Å². The first kappa shape index (κ1) is 49.5. The van der Waals surface area contributed by atoms with Gasteiger partial charge in [0.05, 0.1) is 12.1 Å². The fourth-order valence-corrected chi connectivity index (χ4v) is 15.0. The summed E-state index contributed by atoms with van der Waals surface area (Å²) in [6, 6.07) is 12.3. The number of ether oxygens (including phenoxy) is 3. The molecule has 0 saturated carbocycles. The summed E-state index contributed by atoms with van der Waals surface area (Å²) in [5.74, 6) is -2.42. The van der Waals surface area contributed by atoms with E-state index in [1.807, 2.05) is 32.0 Å². The molecule has 1 unspecified atom stereocenters. The summed E-state index contributed by atoms with van der Waals surface area (Å²) in [4.78, 5) is 79.8. The van der Waals surface area contributed by atoms with Crippen molar-refractivity contribution in [3.8, 4) is 22.4 Å². The van der Waals surface area contributed by atoms with Crippen LogP contribution in [0.2, 0.25) is 0 Å². The van der Waals surface area contributed by atoms with Crippen LogP contribution in [0.1, 0.15) is 82.7 Å². The molecule has 1 aliphatic carbocycles. The van der Waals surface area contributed by atoms with Gasteiger partial charge in [-0.15, -0.1) is 0 Å². The Kier molecular flexibility index (Phi) is 13.9. The standard InChI is InChI=1S/C52H64FIN8O8/c1-9-40(63)60-28-52(70-30-60)16-21-59(22-17-52)50(67)58(7)44(31(3)4)47(64)56-38-25-32-23-34(26-35(53)24-32)33-14-15-39-37(27-33)41-42(46(68-8)43-36(13-11-19-55-43)45(41)61(39)10-2)51(5,6)29-69-49(66)54-18-12-20-62(57-54)48(38)65/h9,11,13-15,19,23-24,26-27,31,38,42,44,46,57H,1,10,12,16-18,20-22,25,28-30H2,2-8H3,(H,56,64)/t38-,42?,44-,46-/m0/s1. The number of pyridine rings is 1. The number of hydrazine groups is 1. The second kappa shape index (κ2) is 19.6. The van der Waals surface area contributed by atoms with Gasteiger partial charge in [-0.05, 0) is 6.08 Å². The molecular weight excluding hydrogens is 1010 g/mol. The van der Waals surface area contributed by atoms with Crippen molar-refractivity contribution in [1.29, 1.82) is 0 Å². The molecule has 16 nitrogen and oxygen atoms in total. The van der Waals surface area contributed by atoms with E-state index < -0.39 is 66.9 Å². The van der Waals surface area contributed by atoms with E-state index in [1.54, 1.807) is 30.2 Å². The van der Waals surface area contributed by atoms with Crippen molar-refractivity contribution in [3.63, 3.8) is 0 Å². The van der Waals surface area contributed by atoms with Crippen LogP contribution in [-0.2, 0) is 41.6 Å². The number of cyclic esters (lactones) is 1. The van der Waals surface area contributed by atoms with E-state index in [4.69, 9.17) is 19.2 Å². The van der Waals surface area contributed by atoms with E-state index in [-0.39, 0.29) is 54.1 Å². The predicted molar refractivity (Wildman–Crippen MR) is 271 cm³/mol. The van der Waals surface area contributed by atoms with Gasteiger partial charge in [0.25, 0.3) is 0 Å². The molecule has 4 atom stereocenters. The molecule has 374 valence electrons. The number of methoxy groups -OCH3 is 1. The zero-order valence-corrected chi connectivity index (χ0v) is 43.2. The van der Waals surface area contributed by atoms with Crippen molar-refractivity contribution < 1.29 is 42.6 Å². The summed E-state index contributed by atoms with van der Waals surface area (Å²) in [6.07, 6.45) is 4.06. The average Bonchev–Trinajstić information content (AvgIpc) is 3.92. The molecule has 5 aliphatic rings.